The molecule has 0 aliphatic carbocycles. The van der Waals surface area contributed by atoms with Gasteiger partial charge in [-0.1, -0.05) is 0 Å². The Morgan fingerprint density at radius 2 is 1.84 bits per heavy atom. The monoisotopic (exact) mass is 352 g/mol. The lowest BCUT2D eigenvalue weighted by atomic mass is 9.79. The van der Waals surface area contributed by atoms with Crippen molar-refractivity contribution in [1.29, 1.82) is 0 Å². The average molecular weight is 352 g/mol. The molecule has 0 aromatic carbocycles. The number of halogens is 2. The Morgan fingerprint density at radius 3 is 2.36 bits per heavy atom. The molecule has 0 radical (unpaired) electrons. The van der Waals surface area contributed by atoms with Gasteiger partial charge in [-0.3, -0.25) is 9.78 Å². The largest absolute Gasteiger partial charge is 0.496 e. The van der Waals surface area contributed by atoms with Crippen LogP contribution in [0.3, 0.4) is 0 Å². The highest BCUT2D eigenvalue weighted by molar-refractivity contribution is 6.62. The molecule has 1 aromatic rings. The van der Waals surface area contributed by atoms with Crippen LogP contribution in [0, 0.1) is 6.92 Å². The van der Waals surface area contributed by atoms with Gasteiger partial charge in [-0.05, 0) is 40.7 Å². The lowest BCUT2D eigenvalue weighted by Crippen LogP contribution is -2.41. The van der Waals surface area contributed by atoms with Crippen LogP contribution in [0.2, 0.25) is 0 Å². The molecule has 3 rings (SSSR count). The third-order valence-electron chi connectivity index (χ3n) is 5.32. The molecule has 1 amide bonds. The van der Waals surface area contributed by atoms with Crippen LogP contribution in [0.4, 0.5) is 8.78 Å². The topological polar surface area (TPSA) is 51.7 Å². The van der Waals surface area contributed by atoms with Crippen LogP contribution < -0.4 is 5.46 Å². The molecule has 2 saturated heterocycles. The molecule has 3 heterocycles. The summed E-state index contributed by atoms with van der Waals surface area (Å²) in [4.78, 5) is 18.1. The first-order valence-electron chi connectivity index (χ1n) is 8.41. The standard InChI is InChI=1S/C17H23BF2N2O3/c1-11-13(14(23)22-7-6-17(19,20)10-22)8-12(9-21-11)18-24-15(2,3)16(4,5)25-18/h8-9H,6-7,10H2,1-5H3. The van der Waals surface area contributed by atoms with Crippen LogP contribution in [0.15, 0.2) is 12.3 Å². The smallest absolute Gasteiger partial charge is 0.399 e. The van der Waals surface area contributed by atoms with E-state index in [1.165, 1.54) is 4.90 Å². The van der Waals surface area contributed by atoms with E-state index in [0.29, 0.717) is 16.7 Å². The maximum Gasteiger partial charge on any atom is 0.496 e. The Labute approximate surface area is 146 Å². The fraction of sp³-hybridized carbons (Fsp3) is 0.647. The van der Waals surface area contributed by atoms with Crippen LogP contribution in [0.25, 0.3) is 0 Å². The summed E-state index contributed by atoms with van der Waals surface area (Å²) < 4.78 is 38.8. The second-order valence-corrected chi connectivity index (χ2v) is 7.82. The van der Waals surface area contributed by atoms with E-state index in [4.69, 9.17) is 9.31 Å². The molecule has 0 unspecified atom stereocenters. The van der Waals surface area contributed by atoms with Gasteiger partial charge in [0.25, 0.3) is 11.8 Å². The highest BCUT2D eigenvalue weighted by Gasteiger charge is 2.52. The van der Waals surface area contributed by atoms with E-state index in [-0.39, 0.29) is 13.0 Å². The third kappa shape index (κ3) is 3.29. The van der Waals surface area contributed by atoms with Gasteiger partial charge in [0, 0.05) is 30.3 Å². The zero-order chi connectivity index (χ0) is 18.6. The maximum absolute atomic E-state index is 13.4. The minimum atomic E-state index is -2.82. The molecule has 0 N–H and O–H groups in total. The van der Waals surface area contributed by atoms with Crippen molar-refractivity contribution in [3.05, 3.63) is 23.5 Å². The Kier molecular flexibility index (Phi) is 4.19. The van der Waals surface area contributed by atoms with Crippen molar-refractivity contribution in [1.82, 2.24) is 9.88 Å². The second-order valence-electron chi connectivity index (χ2n) is 7.82. The van der Waals surface area contributed by atoms with E-state index in [1.807, 2.05) is 27.7 Å². The van der Waals surface area contributed by atoms with Crippen molar-refractivity contribution in [2.45, 2.75) is 58.2 Å². The summed E-state index contributed by atoms with van der Waals surface area (Å²) in [5, 5.41) is 0. The fourth-order valence-electron chi connectivity index (χ4n) is 2.95. The van der Waals surface area contributed by atoms with Crippen molar-refractivity contribution < 1.29 is 22.9 Å². The first-order valence-corrected chi connectivity index (χ1v) is 8.41. The van der Waals surface area contributed by atoms with Crippen molar-refractivity contribution in [2.75, 3.05) is 13.1 Å². The minimum absolute atomic E-state index is 0.0476. The number of pyridine rings is 1. The number of hydrogen-bond donors (Lipinski definition) is 0. The number of rotatable bonds is 2. The number of hydrogen-bond acceptors (Lipinski definition) is 4. The SMILES string of the molecule is Cc1ncc(B2OC(C)(C)C(C)(C)O2)cc1C(=O)N1CCC(F)(F)C1. The van der Waals surface area contributed by atoms with E-state index < -0.39 is 36.7 Å². The average Bonchev–Trinajstić information content (AvgIpc) is 2.95. The quantitative estimate of drug-likeness (QED) is 0.766. The lowest BCUT2D eigenvalue weighted by molar-refractivity contribution is 0.00578. The summed E-state index contributed by atoms with van der Waals surface area (Å²) in [5.41, 5.74) is 0.400. The molecule has 2 fully saturated rings. The molecular weight excluding hydrogens is 329 g/mol. The number of carbonyl (C=O) groups excluding carboxylic acids is 1. The maximum atomic E-state index is 13.4. The Bertz CT molecular complexity index is 693. The van der Waals surface area contributed by atoms with E-state index >= 15 is 0 Å². The number of likely N-dealkylation sites (tertiary alicyclic amines) is 1. The van der Waals surface area contributed by atoms with Crippen LogP contribution in [-0.2, 0) is 9.31 Å². The van der Waals surface area contributed by atoms with Gasteiger partial charge in [0.05, 0.1) is 23.3 Å². The molecule has 136 valence electrons. The van der Waals surface area contributed by atoms with Gasteiger partial charge in [-0.15, -0.1) is 0 Å². The van der Waals surface area contributed by atoms with Gasteiger partial charge in [0.2, 0.25) is 0 Å². The van der Waals surface area contributed by atoms with Crippen molar-refractivity contribution >= 4 is 18.5 Å². The van der Waals surface area contributed by atoms with Gasteiger partial charge < -0.3 is 14.2 Å². The number of aromatic nitrogens is 1. The zero-order valence-corrected chi connectivity index (χ0v) is 15.2. The highest BCUT2D eigenvalue weighted by Crippen LogP contribution is 2.36. The number of amides is 1. The van der Waals surface area contributed by atoms with Gasteiger partial charge >= 0.3 is 7.12 Å². The first kappa shape index (κ1) is 18.3. The second kappa shape index (κ2) is 5.74. The van der Waals surface area contributed by atoms with Gasteiger partial charge in [0.1, 0.15) is 0 Å². The molecule has 2 aliphatic heterocycles. The van der Waals surface area contributed by atoms with E-state index in [9.17, 15) is 13.6 Å². The molecular formula is C17H23BF2N2O3. The molecule has 0 atom stereocenters. The highest BCUT2D eigenvalue weighted by atomic mass is 19.3. The predicted octanol–water partition coefficient (Wildman–Crippen LogP) is 2.17. The van der Waals surface area contributed by atoms with Crippen LogP contribution in [0.5, 0.6) is 0 Å². The van der Waals surface area contributed by atoms with E-state index in [0.717, 1.165) is 0 Å². The molecule has 2 aliphatic rings. The third-order valence-corrected chi connectivity index (χ3v) is 5.32. The Balaban J connectivity index is 1.86. The summed E-state index contributed by atoms with van der Waals surface area (Å²) in [7, 11) is -0.648. The first-order chi connectivity index (χ1) is 11.4. The summed E-state index contributed by atoms with van der Waals surface area (Å²) >= 11 is 0. The normalized spacial score (nSPS) is 24.0. The molecule has 1 aromatic heterocycles. The van der Waals surface area contributed by atoms with E-state index in [1.54, 1.807) is 19.2 Å². The van der Waals surface area contributed by atoms with Gasteiger partial charge in [-0.2, -0.15) is 0 Å². The summed E-state index contributed by atoms with van der Waals surface area (Å²) in [6, 6.07) is 1.64. The number of aryl methyl sites for hydroxylation is 1. The molecule has 8 heteroatoms. The van der Waals surface area contributed by atoms with Crippen molar-refractivity contribution in [3.8, 4) is 0 Å². The van der Waals surface area contributed by atoms with E-state index in [2.05, 4.69) is 4.98 Å². The Hall–Kier alpha value is -1.54. The van der Waals surface area contributed by atoms with Crippen molar-refractivity contribution in [3.63, 3.8) is 0 Å². The van der Waals surface area contributed by atoms with Crippen LogP contribution >= 0.6 is 0 Å². The predicted molar refractivity (Wildman–Crippen MR) is 90.2 cm³/mol. The fourth-order valence-corrected chi connectivity index (χ4v) is 2.95. The summed E-state index contributed by atoms with van der Waals surface area (Å²) in [5.74, 6) is -3.25. The molecule has 0 spiro atoms. The molecule has 25 heavy (non-hydrogen) atoms. The summed E-state index contributed by atoms with van der Waals surface area (Å²) in [6.07, 6.45) is 1.30. The molecule has 5 nitrogen and oxygen atoms in total. The minimum Gasteiger partial charge on any atom is -0.399 e. The number of alkyl halides is 2. The van der Waals surface area contributed by atoms with Crippen LogP contribution in [-0.4, -0.2) is 53.1 Å². The lowest BCUT2D eigenvalue weighted by Gasteiger charge is -2.32. The van der Waals surface area contributed by atoms with Crippen LogP contribution in [0.1, 0.15) is 50.2 Å². The zero-order valence-electron chi connectivity index (χ0n) is 15.2. The molecule has 0 saturated carbocycles. The van der Waals surface area contributed by atoms with Gasteiger partial charge in [0.15, 0.2) is 0 Å². The van der Waals surface area contributed by atoms with Gasteiger partial charge in [-0.25, -0.2) is 8.78 Å². The molecule has 0 bridgehead atoms. The number of nitrogens with zero attached hydrogens (tertiary/aromatic N) is 2. The number of carbonyl (C=O) groups is 1. The summed E-state index contributed by atoms with van der Waals surface area (Å²) in [6.45, 7) is 8.94. The Morgan fingerprint density at radius 1 is 1.24 bits per heavy atom. The van der Waals surface area contributed by atoms with Crippen molar-refractivity contribution in [2.24, 2.45) is 0 Å².